The van der Waals surface area contributed by atoms with Gasteiger partial charge in [0.1, 0.15) is 0 Å². The predicted octanol–water partition coefficient (Wildman–Crippen LogP) is 0.114. The fourth-order valence-electron chi connectivity index (χ4n) is 2.21. The zero-order valence-corrected chi connectivity index (χ0v) is 9.83. The molecule has 0 aromatic heterocycles. The highest BCUT2D eigenvalue weighted by Crippen LogP contribution is 2.11. The van der Waals surface area contributed by atoms with Crippen LogP contribution in [0.2, 0.25) is 0 Å². The molecular formula is C11H24N2O2. The number of ether oxygens (including phenoxy) is 1. The van der Waals surface area contributed by atoms with Crippen LogP contribution in [0.4, 0.5) is 0 Å². The average Bonchev–Trinajstić information content (AvgIpc) is 2.69. The second-order valence-corrected chi connectivity index (χ2v) is 4.43. The lowest BCUT2D eigenvalue weighted by molar-refractivity contribution is 0.122. The van der Waals surface area contributed by atoms with E-state index in [1.807, 2.05) is 0 Å². The molecule has 3 N–H and O–H groups in total. The molecule has 0 aliphatic carbocycles. The predicted molar refractivity (Wildman–Crippen MR) is 61.0 cm³/mol. The number of nitrogens with one attached hydrogen (secondary N) is 2. The van der Waals surface area contributed by atoms with Crippen molar-refractivity contribution in [1.82, 2.24) is 10.6 Å². The van der Waals surface area contributed by atoms with E-state index in [-0.39, 0.29) is 12.6 Å². The maximum atomic E-state index is 9.11. The van der Waals surface area contributed by atoms with Crippen LogP contribution in [0.15, 0.2) is 0 Å². The third-order valence-corrected chi connectivity index (χ3v) is 2.91. The fourth-order valence-corrected chi connectivity index (χ4v) is 2.21. The Kier molecular flexibility index (Phi) is 6.17. The monoisotopic (exact) mass is 216 g/mol. The Morgan fingerprint density at radius 1 is 1.60 bits per heavy atom. The van der Waals surface area contributed by atoms with E-state index in [9.17, 15) is 0 Å². The fraction of sp³-hybridized carbons (Fsp3) is 1.00. The van der Waals surface area contributed by atoms with E-state index in [0.717, 1.165) is 13.0 Å². The summed E-state index contributed by atoms with van der Waals surface area (Å²) >= 11 is 0. The van der Waals surface area contributed by atoms with Crippen LogP contribution in [0.5, 0.6) is 0 Å². The van der Waals surface area contributed by atoms with Gasteiger partial charge in [-0.15, -0.1) is 0 Å². The summed E-state index contributed by atoms with van der Waals surface area (Å²) < 4.78 is 5.03. The van der Waals surface area contributed by atoms with Gasteiger partial charge in [-0.2, -0.15) is 0 Å². The first-order valence-corrected chi connectivity index (χ1v) is 5.85. The molecule has 0 bridgehead atoms. The van der Waals surface area contributed by atoms with Crippen LogP contribution in [0.25, 0.3) is 0 Å². The van der Waals surface area contributed by atoms with E-state index in [2.05, 4.69) is 17.6 Å². The quantitative estimate of drug-likeness (QED) is 0.565. The molecule has 3 unspecified atom stereocenters. The molecular weight excluding hydrogens is 192 g/mol. The zero-order valence-electron chi connectivity index (χ0n) is 9.83. The minimum absolute atomic E-state index is 0.0615. The summed E-state index contributed by atoms with van der Waals surface area (Å²) in [5, 5.41) is 16.0. The third-order valence-electron chi connectivity index (χ3n) is 2.91. The van der Waals surface area contributed by atoms with Crippen molar-refractivity contribution in [3.63, 3.8) is 0 Å². The van der Waals surface area contributed by atoms with Crippen molar-refractivity contribution in [2.24, 2.45) is 0 Å². The van der Waals surface area contributed by atoms with Gasteiger partial charge in [0.15, 0.2) is 0 Å². The summed E-state index contributed by atoms with van der Waals surface area (Å²) in [7, 11) is 1.66. The molecule has 1 aliphatic rings. The van der Waals surface area contributed by atoms with Crippen LogP contribution < -0.4 is 10.6 Å². The maximum Gasteiger partial charge on any atom is 0.0638 e. The van der Waals surface area contributed by atoms with Crippen LogP contribution in [0, 0.1) is 0 Å². The zero-order chi connectivity index (χ0) is 11.1. The van der Waals surface area contributed by atoms with Gasteiger partial charge in [-0.25, -0.2) is 0 Å². The summed E-state index contributed by atoms with van der Waals surface area (Å²) in [5.74, 6) is 0. The highest BCUT2D eigenvalue weighted by atomic mass is 16.5. The molecule has 1 aliphatic heterocycles. The van der Waals surface area contributed by atoms with Crippen molar-refractivity contribution < 1.29 is 9.84 Å². The molecule has 0 radical (unpaired) electrons. The molecule has 4 nitrogen and oxygen atoms in total. The van der Waals surface area contributed by atoms with Gasteiger partial charge in [0.05, 0.1) is 19.3 Å². The first kappa shape index (κ1) is 12.9. The van der Waals surface area contributed by atoms with Crippen LogP contribution in [-0.2, 0) is 4.74 Å². The van der Waals surface area contributed by atoms with Crippen LogP contribution in [0.3, 0.4) is 0 Å². The summed E-state index contributed by atoms with van der Waals surface area (Å²) in [5.41, 5.74) is 0. The minimum atomic E-state index is 0.0615. The van der Waals surface area contributed by atoms with Gasteiger partial charge in [-0.1, -0.05) is 0 Å². The van der Waals surface area contributed by atoms with Gasteiger partial charge >= 0.3 is 0 Å². The van der Waals surface area contributed by atoms with E-state index in [1.165, 1.54) is 12.8 Å². The molecule has 15 heavy (non-hydrogen) atoms. The first-order chi connectivity index (χ1) is 7.26. The number of rotatable bonds is 7. The Labute approximate surface area is 92.4 Å². The van der Waals surface area contributed by atoms with E-state index in [4.69, 9.17) is 9.84 Å². The van der Waals surface area contributed by atoms with E-state index < -0.39 is 0 Å². The van der Waals surface area contributed by atoms with Crippen LogP contribution >= 0.6 is 0 Å². The lowest BCUT2D eigenvalue weighted by atomic mass is 10.1. The van der Waals surface area contributed by atoms with Gasteiger partial charge in [-0.05, 0) is 32.7 Å². The van der Waals surface area contributed by atoms with Gasteiger partial charge < -0.3 is 20.5 Å². The molecule has 0 aromatic carbocycles. The SMILES string of the molecule is COCC(CO)NC(C)CC1CCCN1. The number of aliphatic hydroxyl groups excluding tert-OH is 1. The Hall–Kier alpha value is -0.160. The highest BCUT2D eigenvalue weighted by Gasteiger charge is 2.18. The van der Waals surface area contributed by atoms with Gasteiger partial charge in [0, 0.05) is 19.2 Å². The van der Waals surface area contributed by atoms with E-state index in [0.29, 0.717) is 18.7 Å². The topological polar surface area (TPSA) is 53.5 Å². The number of hydrogen-bond donors (Lipinski definition) is 3. The highest BCUT2D eigenvalue weighted by molar-refractivity contribution is 4.80. The van der Waals surface area contributed by atoms with Crippen molar-refractivity contribution in [2.45, 2.75) is 44.3 Å². The molecule has 1 rings (SSSR count). The van der Waals surface area contributed by atoms with Gasteiger partial charge in [0.2, 0.25) is 0 Å². The molecule has 0 spiro atoms. The summed E-state index contributed by atoms with van der Waals surface area (Å²) in [6.45, 7) is 4.02. The molecule has 1 heterocycles. The van der Waals surface area contributed by atoms with Crippen molar-refractivity contribution in [3.05, 3.63) is 0 Å². The number of methoxy groups -OCH3 is 1. The normalized spacial score (nSPS) is 25.4. The molecule has 0 saturated carbocycles. The Balaban J connectivity index is 2.17. The van der Waals surface area contributed by atoms with Crippen molar-refractivity contribution in [1.29, 1.82) is 0 Å². The van der Waals surface area contributed by atoms with Crippen molar-refractivity contribution in [3.8, 4) is 0 Å². The Morgan fingerprint density at radius 2 is 2.40 bits per heavy atom. The molecule has 1 fully saturated rings. The average molecular weight is 216 g/mol. The lowest BCUT2D eigenvalue weighted by Crippen LogP contribution is -2.44. The molecule has 3 atom stereocenters. The number of hydrogen-bond acceptors (Lipinski definition) is 4. The molecule has 1 saturated heterocycles. The van der Waals surface area contributed by atoms with Gasteiger partial charge in [0.25, 0.3) is 0 Å². The smallest absolute Gasteiger partial charge is 0.0638 e. The molecule has 0 aromatic rings. The second-order valence-electron chi connectivity index (χ2n) is 4.43. The largest absolute Gasteiger partial charge is 0.395 e. The standard InChI is InChI=1S/C11H24N2O2/c1-9(6-10-4-3-5-12-10)13-11(7-14)8-15-2/h9-14H,3-8H2,1-2H3. The van der Waals surface area contributed by atoms with E-state index in [1.54, 1.807) is 7.11 Å². The number of aliphatic hydroxyl groups is 1. The summed E-state index contributed by atoms with van der Waals surface area (Å²) in [4.78, 5) is 0. The first-order valence-electron chi connectivity index (χ1n) is 5.85. The van der Waals surface area contributed by atoms with Crippen LogP contribution in [0.1, 0.15) is 26.2 Å². The maximum absolute atomic E-state index is 9.11. The third kappa shape index (κ3) is 4.93. The summed E-state index contributed by atoms with van der Waals surface area (Å²) in [6.07, 6.45) is 3.69. The van der Waals surface area contributed by atoms with Gasteiger partial charge in [-0.3, -0.25) is 0 Å². The van der Waals surface area contributed by atoms with Crippen molar-refractivity contribution >= 4 is 0 Å². The lowest BCUT2D eigenvalue weighted by Gasteiger charge is -2.23. The minimum Gasteiger partial charge on any atom is -0.395 e. The summed E-state index contributed by atoms with van der Waals surface area (Å²) in [6, 6.07) is 1.13. The van der Waals surface area contributed by atoms with Crippen molar-refractivity contribution in [2.75, 3.05) is 26.9 Å². The molecule has 0 amide bonds. The molecule has 4 heteroatoms. The second kappa shape index (κ2) is 7.17. The van der Waals surface area contributed by atoms with E-state index >= 15 is 0 Å². The van der Waals surface area contributed by atoms with Crippen LogP contribution in [-0.4, -0.2) is 50.1 Å². The molecule has 90 valence electrons. The Morgan fingerprint density at radius 3 is 2.93 bits per heavy atom. The Bertz CT molecular complexity index is 161.